The van der Waals surface area contributed by atoms with Crippen LogP contribution in [0.15, 0.2) is 28.5 Å². The van der Waals surface area contributed by atoms with Gasteiger partial charge in [0.15, 0.2) is 0 Å². The lowest BCUT2D eigenvalue weighted by Crippen LogP contribution is -2.29. The van der Waals surface area contributed by atoms with Crippen molar-refractivity contribution in [2.24, 2.45) is 10.3 Å². The summed E-state index contributed by atoms with van der Waals surface area (Å²) in [6.45, 7) is 2.31. The van der Waals surface area contributed by atoms with E-state index in [2.05, 4.69) is 22.6 Å². The Hall–Kier alpha value is -2.11. The van der Waals surface area contributed by atoms with E-state index in [1.54, 1.807) is 12.1 Å². The van der Waals surface area contributed by atoms with Gasteiger partial charge in [0.05, 0.1) is 13.2 Å². The number of hydrogen-bond acceptors (Lipinski definition) is 5. The quantitative estimate of drug-likeness (QED) is 0.886. The molecule has 1 aromatic carbocycles. The van der Waals surface area contributed by atoms with Crippen LogP contribution in [-0.4, -0.2) is 30.6 Å². The molecule has 2 unspecified atom stereocenters. The molecular formula is C13H16N4O2. The lowest BCUT2D eigenvalue weighted by atomic mass is 9.96. The Morgan fingerprint density at radius 1 is 1.53 bits per heavy atom. The lowest BCUT2D eigenvalue weighted by Gasteiger charge is -2.23. The van der Waals surface area contributed by atoms with E-state index < -0.39 is 0 Å². The van der Waals surface area contributed by atoms with Crippen LogP contribution in [0.1, 0.15) is 24.9 Å². The molecule has 3 rings (SSSR count). The summed E-state index contributed by atoms with van der Waals surface area (Å²) >= 11 is 0. The van der Waals surface area contributed by atoms with Gasteiger partial charge in [0, 0.05) is 11.3 Å². The lowest BCUT2D eigenvalue weighted by molar-refractivity contribution is -0.117. The molecule has 1 amide bonds. The van der Waals surface area contributed by atoms with Gasteiger partial charge in [-0.25, -0.2) is 0 Å². The fourth-order valence-electron chi connectivity index (χ4n) is 2.62. The minimum absolute atomic E-state index is 0.00838. The molecule has 0 aromatic heterocycles. The second kappa shape index (κ2) is 4.53. The first kappa shape index (κ1) is 12.0. The van der Waals surface area contributed by atoms with Crippen molar-refractivity contribution < 1.29 is 9.53 Å². The van der Waals surface area contributed by atoms with Crippen molar-refractivity contribution in [3.63, 3.8) is 0 Å². The number of amides is 1. The molecule has 1 aromatic rings. The zero-order valence-electron chi connectivity index (χ0n) is 11.0. The van der Waals surface area contributed by atoms with Crippen molar-refractivity contribution in [2.45, 2.75) is 25.4 Å². The van der Waals surface area contributed by atoms with Crippen molar-refractivity contribution in [3.05, 3.63) is 23.8 Å². The summed E-state index contributed by atoms with van der Waals surface area (Å²) in [4.78, 5) is 11.9. The number of methoxy groups -OCH3 is 1. The zero-order valence-corrected chi connectivity index (χ0v) is 11.0. The minimum Gasteiger partial charge on any atom is -0.497 e. The number of ether oxygens (including phenoxy) is 1. The third-order valence-electron chi connectivity index (χ3n) is 3.58. The van der Waals surface area contributed by atoms with Gasteiger partial charge in [-0.05, 0) is 24.6 Å². The molecule has 100 valence electrons. The SMILES string of the molecule is CCC1N=NN2CC(=O)Nc3ccc(OC)cc3C12. The van der Waals surface area contributed by atoms with Gasteiger partial charge in [-0.15, -0.1) is 0 Å². The second-order valence-electron chi connectivity index (χ2n) is 4.72. The summed E-state index contributed by atoms with van der Waals surface area (Å²) in [7, 11) is 1.63. The molecule has 0 spiro atoms. The van der Waals surface area contributed by atoms with Crippen LogP contribution in [-0.2, 0) is 4.79 Å². The summed E-state index contributed by atoms with van der Waals surface area (Å²) in [6, 6.07) is 5.77. The third-order valence-corrected chi connectivity index (χ3v) is 3.58. The van der Waals surface area contributed by atoms with E-state index in [0.29, 0.717) is 0 Å². The standard InChI is InChI=1S/C13H16N4O2/c1-3-10-13-9-6-8(19-2)4-5-11(9)14-12(18)7-17(13)16-15-10/h4-6,10,13H,3,7H2,1-2H3,(H,14,18). The third kappa shape index (κ3) is 1.93. The Morgan fingerprint density at radius 2 is 2.37 bits per heavy atom. The maximum Gasteiger partial charge on any atom is 0.245 e. The molecule has 6 nitrogen and oxygen atoms in total. The molecule has 19 heavy (non-hydrogen) atoms. The normalized spacial score (nSPS) is 24.5. The molecule has 6 heteroatoms. The number of nitrogens with zero attached hydrogens (tertiary/aromatic N) is 3. The Bertz CT molecular complexity index is 543. The highest BCUT2D eigenvalue weighted by molar-refractivity contribution is 5.94. The van der Waals surface area contributed by atoms with Crippen LogP contribution in [0, 0.1) is 0 Å². The van der Waals surface area contributed by atoms with Crippen LogP contribution in [0.2, 0.25) is 0 Å². The Balaban J connectivity index is 2.09. The number of carbonyl (C=O) groups excluding carboxylic acids is 1. The van der Waals surface area contributed by atoms with Gasteiger partial charge in [0.25, 0.3) is 0 Å². The van der Waals surface area contributed by atoms with E-state index in [1.165, 1.54) is 0 Å². The number of hydrogen-bond donors (Lipinski definition) is 1. The summed E-state index contributed by atoms with van der Waals surface area (Å²) in [5, 5.41) is 13.1. The van der Waals surface area contributed by atoms with Crippen LogP contribution in [0.25, 0.3) is 0 Å². The number of rotatable bonds is 2. The fraction of sp³-hybridized carbons (Fsp3) is 0.462. The fourth-order valence-corrected chi connectivity index (χ4v) is 2.62. The first-order valence-electron chi connectivity index (χ1n) is 6.38. The number of anilines is 1. The second-order valence-corrected chi connectivity index (χ2v) is 4.72. The number of benzene rings is 1. The molecule has 0 bridgehead atoms. The molecule has 2 heterocycles. The Morgan fingerprint density at radius 3 is 3.11 bits per heavy atom. The highest BCUT2D eigenvalue weighted by Crippen LogP contribution is 2.40. The van der Waals surface area contributed by atoms with Crippen LogP contribution >= 0.6 is 0 Å². The van der Waals surface area contributed by atoms with Gasteiger partial charge in [0.1, 0.15) is 18.3 Å². The number of carbonyl (C=O) groups is 1. The van der Waals surface area contributed by atoms with E-state index in [4.69, 9.17) is 4.74 Å². The smallest absolute Gasteiger partial charge is 0.245 e. The Labute approximate surface area is 111 Å². The van der Waals surface area contributed by atoms with E-state index in [1.807, 2.05) is 18.2 Å². The highest BCUT2D eigenvalue weighted by atomic mass is 16.5. The van der Waals surface area contributed by atoms with Crippen molar-refractivity contribution in [1.82, 2.24) is 5.01 Å². The van der Waals surface area contributed by atoms with Gasteiger partial charge in [0.2, 0.25) is 5.91 Å². The maximum absolute atomic E-state index is 11.9. The van der Waals surface area contributed by atoms with Crippen LogP contribution in [0.4, 0.5) is 5.69 Å². The molecule has 1 N–H and O–H groups in total. The highest BCUT2D eigenvalue weighted by Gasteiger charge is 2.37. The monoisotopic (exact) mass is 260 g/mol. The number of nitrogens with one attached hydrogen (secondary N) is 1. The first-order chi connectivity index (χ1) is 9.22. The summed E-state index contributed by atoms with van der Waals surface area (Å²) in [5.41, 5.74) is 1.84. The van der Waals surface area contributed by atoms with Gasteiger partial charge < -0.3 is 10.1 Å². The minimum atomic E-state index is -0.0652. The Kier molecular flexibility index (Phi) is 2.85. The zero-order chi connectivity index (χ0) is 13.4. The van der Waals surface area contributed by atoms with Gasteiger partial charge >= 0.3 is 0 Å². The van der Waals surface area contributed by atoms with E-state index in [0.717, 1.165) is 23.4 Å². The average Bonchev–Trinajstić information content (AvgIpc) is 2.75. The molecule has 2 aliphatic rings. The summed E-state index contributed by atoms with van der Waals surface area (Å²) in [5.74, 6) is 0.709. The molecule has 0 fully saturated rings. The average molecular weight is 260 g/mol. The molecule has 0 radical (unpaired) electrons. The summed E-state index contributed by atoms with van der Waals surface area (Å²) in [6.07, 6.45) is 0.884. The largest absolute Gasteiger partial charge is 0.497 e. The van der Waals surface area contributed by atoms with Crippen molar-refractivity contribution in [3.8, 4) is 5.75 Å². The van der Waals surface area contributed by atoms with Crippen LogP contribution in [0.5, 0.6) is 5.75 Å². The van der Waals surface area contributed by atoms with Gasteiger partial charge in [-0.2, -0.15) is 5.11 Å². The van der Waals surface area contributed by atoms with Crippen molar-refractivity contribution in [2.75, 3.05) is 19.0 Å². The molecule has 2 aliphatic heterocycles. The maximum atomic E-state index is 11.9. The van der Waals surface area contributed by atoms with Gasteiger partial charge in [-0.1, -0.05) is 12.1 Å². The van der Waals surface area contributed by atoms with Crippen molar-refractivity contribution >= 4 is 11.6 Å². The predicted octanol–water partition coefficient (Wildman–Crippen LogP) is 2.15. The molecular weight excluding hydrogens is 244 g/mol. The topological polar surface area (TPSA) is 66.3 Å². The van der Waals surface area contributed by atoms with Crippen molar-refractivity contribution in [1.29, 1.82) is 0 Å². The first-order valence-corrected chi connectivity index (χ1v) is 6.38. The van der Waals surface area contributed by atoms with Gasteiger partial charge in [-0.3, -0.25) is 9.80 Å². The molecule has 0 saturated carbocycles. The molecule has 0 aliphatic carbocycles. The van der Waals surface area contributed by atoms with E-state index in [-0.39, 0.29) is 24.5 Å². The predicted molar refractivity (Wildman–Crippen MR) is 70.0 cm³/mol. The van der Waals surface area contributed by atoms with E-state index >= 15 is 0 Å². The van der Waals surface area contributed by atoms with Crippen LogP contribution in [0.3, 0.4) is 0 Å². The van der Waals surface area contributed by atoms with E-state index in [9.17, 15) is 4.79 Å². The summed E-state index contributed by atoms with van der Waals surface area (Å²) < 4.78 is 5.27. The number of fused-ring (bicyclic) bond motifs is 3. The molecule has 0 saturated heterocycles. The van der Waals surface area contributed by atoms with Crippen LogP contribution < -0.4 is 10.1 Å². The molecule has 2 atom stereocenters.